The van der Waals surface area contributed by atoms with Crippen molar-refractivity contribution in [2.45, 2.75) is 56.7 Å². The zero-order valence-corrected chi connectivity index (χ0v) is 13.9. The van der Waals surface area contributed by atoms with Crippen molar-refractivity contribution in [3.63, 3.8) is 0 Å². The summed E-state index contributed by atoms with van der Waals surface area (Å²) < 4.78 is 0. The van der Waals surface area contributed by atoms with Gasteiger partial charge in [-0.15, -0.1) is 11.6 Å². The van der Waals surface area contributed by atoms with Crippen LogP contribution in [0.15, 0.2) is 18.5 Å². The number of alkyl halides is 1. The fraction of sp³-hybridized carbons (Fsp3) is 0.722. The van der Waals surface area contributed by atoms with Crippen molar-refractivity contribution in [3.8, 4) is 0 Å². The molecule has 1 nitrogen and oxygen atoms in total. The molecule has 4 aliphatic rings. The average molecular weight is 324 g/mol. The molecular formula is C18H23Cl2N. The highest BCUT2D eigenvalue weighted by molar-refractivity contribution is 6.31. The number of hydrogen-bond donors (Lipinski definition) is 0. The maximum absolute atomic E-state index is 6.74. The first-order valence-corrected chi connectivity index (χ1v) is 9.16. The van der Waals surface area contributed by atoms with E-state index in [2.05, 4.69) is 4.98 Å². The summed E-state index contributed by atoms with van der Waals surface area (Å²) in [6.07, 6.45) is 14.4. The Kier molecular flexibility index (Phi) is 3.70. The van der Waals surface area contributed by atoms with Gasteiger partial charge in [0, 0.05) is 17.8 Å². The second kappa shape index (κ2) is 5.42. The Labute approximate surface area is 137 Å². The molecule has 5 rings (SSSR count). The van der Waals surface area contributed by atoms with Crippen LogP contribution in [0.1, 0.15) is 50.5 Å². The molecule has 1 atom stereocenters. The second-order valence-corrected chi connectivity index (χ2v) is 8.91. The molecule has 0 aromatic carbocycles. The Hall–Kier alpha value is -0.270. The molecular weight excluding hydrogens is 301 g/mol. The van der Waals surface area contributed by atoms with Crippen LogP contribution in [0, 0.1) is 23.2 Å². The number of halogens is 2. The van der Waals surface area contributed by atoms with Crippen LogP contribution in [0.5, 0.6) is 0 Å². The van der Waals surface area contributed by atoms with Gasteiger partial charge < -0.3 is 0 Å². The predicted octanol–water partition coefficient (Wildman–Crippen LogP) is 5.49. The van der Waals surface area contributed by atoms with Gasteiger partial charge in [0.1, 0.15) is 0 Å². The van der Waals surface area contributed by atoms with Gasteiger partial charge in [0.15, 0.2) is 0 Å². The third-order valence-electron chi connectivity index (χ3n) is 6.12. The van der Waals surface area contributed by atoms with Crippen molar-refractivity contribution in [2.24, 2.45) is 23.2 Å². The summed E-state index contributed by atoms with van der Waals surface area (Å²) in [7, 11) is 0. The lowest BCUT2D eigenvalue weighted by atomic mass is 9.48. The zero-order chi connectivity index (χ0) is 14.4. The SMILES string of the molecule is Clc1cnccc1CC(Cl)CC12CC3CC(CC(C3)C1)C2. The summed E-state index contributed by atoms with van der Waals surface area (Å²) in [6.45, 7) is 0. The Morgan fingerprint density at radius 2 is 1.76 bits per heavy atom. The van der Waals surface area contributed by atoms with Crippen LogP contribution in [0.3, 0.4) is 0 Å². The normalized spacial score (nSPS) is 38.7. The molecule has 4 aliphatic carbocycles. The standard InChI is InChI=1S/C18H23Cl2N/c19-16(6-15-1-2-21-11-17(15)20)10-18-7-12-3-13(8-18)5-14(4-12)9-18/h1-2,11-14,16H,3-10H2. The lowest BCUT2D eigenvalue weighted by Gasteiger charge is -2.57. The molecule has 4 saturated carbocycles. The largest absolute Gasteiger partial charge is 0.263 e. The van der Waals surface area contributed by atoms with E-state index in [1.807, 2.05) is 12.3 Å². The van der Waals surface area contributed by atoms with Crippen LogP contribution in [-0.4, -0.2) is 10.4 Å². The molecule has 0 saturated heterocycles. The molecule has 0 N–H and O–H groups in total. The van der Waals surface area contributed by atoms with Crippen molar-refractivity contribution in [1.82, 2.24) is 4.98 Å². The van der Waals surface area contributed by atoms with E-state index >= 15 is 0 Å². The van der Waals surface area contributed by atoms with Crippen molar-refractivity contribution < 1.29 is 0 Å². The first-order valence-electron chi connectivity index (χ1n) is 8.34. The monoisotopic (exact) mass is 323 g/mol. The fourth-order valence-corrected chi connectivity index (χ4v) is 6.58. The van der Waals surface area contributed by atoms with E-state index in [0.29, 0.717) is 5.41 Å². The molecule has 21 heavy (non-hydrogen) atoms. The Balaban J connectivity index is 1.45. The summed E-state index contributed by atoms with van der Waals surface area (Å²) in [5.41, 5.74) is 1.71. The predicted molar refractivity (Wildman–Crippen MR) is 87.8 cm³/mol. The topological polar surface area (TPSA) is 12.9 Å². The van der Waals surface area contributed by atoms with E-state index in [0.717, 1.165) is 34.8 Å². The van der Waals surface area contributed by atoms with E-state index in [-0.39, 0.29) is 5.38 Å². The Morgan fingerprint density at radius 1 is 1.14 bits per heavy atom. The Bertz CT molecular complexity index is 492. The molecule has 1 heterocycles. The minimum absolute atomic E-state index is 0.209. The fourth-order valence-electron chi connectivity index (χ4n) is 5.89. The summed E-state index contributed by atoms with van der Waals surface area (Å²) in [5.74, 6) is 3.01. The van der Waals surface area contributed by atoms with Crippen LogP contribution in [0.4, 0.5) is 0 Å². The van der Waals surface area contributed by atoms with Gasteiger partial charge in [-0.05, 0) is 86.2 Å². The molecule has 3 heteroatoms. The summed E-state index contributed by atoms with van der Waals surface area (Å²) in [5, 5.41) is 0.967. The van der Waals surface area contributed by atoms with E-state index in [4.69, 9.17) is 23.2 Å². The molecule has 1 aromatic heterocycles. The summed E-state index contributed by atoms with van der Waals surface area (Å²) in [4.78, 5) is 4.06. The smallest absolute Gasteiger partial charge is 0.0621 e. The highest BCUT2D eigenvalue weighted by atomic mass is 35.5. The van der Waals surface area contributed by atoms with Gasteiger partial charge in [0.2, 0.25) is 0 Å². The van der Waals surface area contributed by atoms with Crippen molar-refractivity contribution in [1.29, 1.82) is 0 Å². The van der Waals surface area contributed by atoms with Crippen molar-refractivity contribution in [2.75, 3.05) is 0 Å². The maximum atomic E-state index is 6.74. The molecule has 0 radical (unpaired) electrons. The number of nitrogens with zero attached hydrogens (tertiary/aromatic N) is 1. The molecule has 4 bridgehead atoms. The van der Waals surface area contributed by atoms with Crippen LogP contribution in [-0.2, 0) is 6.42 Å². The first-order chi connectivity index (χ1) is 10.1. The summed E-state index contributed by atoms with van der Waals surface area (Å²) in [6, 6.07) is 2.01. The van der Waals surface area contributed by atoms with E-state index in [1.54, 1.807) is 6.20 Å². The minimum atomic E-state index is 0.209. The number of rotatable bonds is 4. The third kappa shape index (κ3) is 2.84. The summed E-state index contributed by atoms with van der Waals surface area (Å²) >= 11 is 13.0. The lowest BCUT2D eigenvalue weighted by molar-refractivity contribution is -0.0574. The first kappa shape index (κ1) is 14.3. The third-order valence-corrected chi connectivity index (χ3v) is 6.77. The molecule has 0 spiro atoms. The lowest BCUT2D eigenvalue weighted by Crippen LogP contribution is -2.47. The van der Waals surface area contributed by atoms with Gasteiger partial charge in [0.05, 0.1) is 5.02 Å². The quantitative estimate of drug-likeness (QED) is 0.667. The highest BCUT2D eigenvalue weighted by Crippen LogP contribution is 2.61. The molecule has 1 unspecified atom stereocenters. The van der Waals surface area contributed by atoms with E-state index in [9.17, 15) is 0 Å². The van der Waals surface area contributed by atoms with Crippen molar-refractivity contribution >= 4 is 23.2 Å². The van der Waals surface area contributed by atoms with Gasteiger partial charge in [-0.1, -0.05) is 11.6 Å². The van der Waals surface area contributed by atoms with Crippen LogP contribution in [0.25, 0.3) is 0 Å². The number of aromatic nitrogens is 1. The van der Waals surface area contributed by atoms with E-state index < -0.39 is 0 Å². The van der Waals surface area contributed by atoms with Crippen LogP contribution in [0.2, 0.25) is 5.02 Å². The molecule has 0 amide bonds. The second-order valence-electron chi connectivity index (χ2n) is 7.89. The Morgan fingerprint density at radius 3 is 2.33 bits per heavy atom. The van der Waals surface area contributed by atoms with Crippen molar-refractivity contribution in [3.05, 3.63) is 29.0 Å². The average Bonchev–Trinajstić information content (AvgIpc) is 2.39. The molecule has 0 aliphatic heterocycles. The van der Waals surface area contributed by atoms with Crippen LogP contribution < -0.4 is 0 Å². The molecule has 114 valence electrons. The zero-order valence-electron chi connectivity index (χ0n) is 12.4. The van der Waals surface area contributed by atoms with Gasteiger partial charge >= 0.3 is 0 Å². The van der Waals surface area contributed by atoms with Gasteiger partial charge in [-0.25, -0.2) is 0 Å². The molecule has 1 aromatic rings. The maximum Gasteiger partial charge on any atom is 0.0621 e. The van der Waals surface area contributed by atoms with Crippen LogP contribution >= 0.6 is 23.2 Å². The van der Waals surface area contributed by atoms with Gasteiger partial charge in [-0.3, -0.25) is 4.98 Å². The minimum Gasteiger partial charge on any atom is -0.263 e. The van der Waals surface area contributed by atoms with Gasteiger partial charge in [-0.2, -0.15) is 0 Å². The van der Waals surface area contributed by atoms with Gasteiger partial charge in [0.25, 0.3) is 0 Å². The number of pyridine rings is 1. The highest BCUT2D eigenvalue weighted by Gasteiger charge is 2.51. The molecule has 4 fully saturated rings. The van der Waals surface area contributed by atoms with E-state index in [1.165, 1.54) is 44.9 Å². The number of hydrogen-bond acceptors (Lipinski definition) is 1.